The highest BCUT2D eigenvalue weighted by atomic mass is 79.9. The molecule has 2 aliphatic rings. The van der Waals surface area contributed by atoms with Crippen molar-refractivity contribution in [2.45, 2.75) is 0 Å². The number of hydrogen-bond donors (Lipinski definition) is 1. The van der Waals surface area contributed by atoms with Gasteiger partial charge in [0.15, 0.2) is 11.0 Å². The van der Waals surface area contributed by atoms with E-state index in [1.807, 2.05) is 6.07 Å². The minimum absolute atomic E-state index is 0.0422. The van der Waals surface area contributed by atoms with E-state index in [4.69, 9.17) is 21.4 Å². The molecule has 9 heteroatoms. The van der Waals surface area contributed by atoms with Crippen molar-refractivity contribution in [3.8, 4) is 0 Å². The Labute approximate surface area is 175 Å². The number of nitrogens with one attached hydrogen (secondary N) is 1. The number of morpholine rings is 1. The fraction of sp³-hybridized carbons (Fsp3) is 0.211. The first-order chi connectivity index (χ1) is 13.5. The number of nitrogens with zero attached hydrogens (tertiary/aromatic N) is 2. The summed E-state index contributed by atoms with van der Waals surface area (Å²) in [5, 5.41) is 2.61. The third-order valence-corrected chi connectivity index (χ3v) is 5.22. The van der Waals surface area contributed by atoms with Gasteiger partial charge in [0.2, 0.25) is 0 Å². The molecule has 0 saturated carbocycles. The molecule has 0 aliphatic carbocycles. The van der Waals surface area contributed by atoms with Gasteiger partial charge in [0.1, 0.15) is 11.3 Å². The minimum atomic E-state index is -0.548. The summed E-state index contributed by atoms with van der Waals surface area (Å²) >= 11 is 8.55. The van der Waals surface area contributed by atoms with E-state index in [0.717, 1.165) is 17.6 Å². The van der Waals surface area contributed by atoms with Crippen LogP contribution >= 0.6 is 28.1 Å². The van der Waals surface area contributed by atoms with Gasteiger partial charge in [0.05, 0.1) is 18.9 Å². The molecule has 2 aromatic rings. The lowest BCUT2D eigenvalue weighted by Crippen LogP contribution is -2.54. The minimum Gasteiger partial charge on any atom is -0.441 e. The Hall–Kier alpha value is -2.49. The Morgan fingerprint density at radius 2 is 1.79 bits per heavy atom. The summed E-state index contributed by atoms with van der Waals surface area (Å²) < 4.78 is 12.0. The summed E-state index contributed by atoms with van der Waals surface area (Å²) in [5.41, 5.74) is 0.525. The standard InChI is InChI=1S/C19H16BrN3O4S/c20-12-1-3-13(4-2-12)23-18(25)15(17(24)21-19(23)28)11-14-5-6-16(27-14)22-7-9-26-10-8-22/h1-6,11H,7-10H2,(H,21,24,28)/b15-11+. The smallest absolute Gasteiger partial charge is 0.270 e. The number of halogens is 1. The Morgan fingerprint density at radius 1 is 1.07 bits per heavy atom. The van der Waals surface area contributed by atoms with Crippen molar-refractivity contribution in [3.05, 3.63) is 52.2 Å². The number of carbonyl (C=O) groups excluding carboxylic acids is 2. The van der Waals surface area contributed by atoms with Crippen molar-refractivity contribution in [1.29, 1.82) is 0 Å². The molecular weight excluding hydrogens is 446 g/mol. The number of carbonyl (C=O) groups is 2. The molecule has 3 heterocycles. The molecule has 0 spiro atoms. The van der Waals surface area contributed by atoms with Crippen molar-refractivity contribution in [3.63, 3.8) is 0 Å². The lowest BCUT2D eigenvalue weighted by atomic mass is 10.1. The fourth-order valence-corrected chi connectivity index (χ4v) is 3.54. The molecule has 2 aliphatic heterocycles. The average molecular weight is 462 g/mol. The van der Waals surface area contributed by atoms with Crippen LogP contribution in [0, 0.1) is 0 Å². The first-order valence-corrected chi connectivity index (χ1v) is 9.82. The monoisotopic (exact) mass is 461 g/mol. The topological polar surface area (TPSA) is 75.0 Å². The maximum absolute atomic E-state index is 13.0. The van der Waals surface area contributed by atoms with Crippen molar-refractivity contribution in [2.75, 3.05) is 36.1 Å². The predicted molar refractivity (Wildman–Crippen MR) is 112 cm³/mol. The lowest BCUT2D eigenvalue weighted by molar-refractivity contribution is -0.122. The maximum atomic E-state index is 13.0. The predicted octanol–water partition coefficient (Wildman–Crippen LogP) is 2.71. The van der Waals surface area contributed by atoms with Crippen LogP contribution in [0.3, 0.4) is 0 Å². The number of hydrogen-bond acceptors (Lipinski definition) is 6. The van der Waals surface area contributed by atoms with Gasteiger partial charge in [0.25, 0.3) is 11.8 Å². The highest BCUT2D eigenvalue weighted by Gasteiger charge is 2.34. The molecule has 2 saturated heterocycles. The van der Waals surface area contributed by atoms with Crippen LogP contribution in [0.15, 0.2) is 50.9 Å². The van der Waals surface area contributed by atoms with E-state index in [9.17, 15) is 9.59 Å². The Bertz CT molecular complexity index is 964. The van der Waals surface area contributed by atoms with E-state index in [2.05, 4.69) is 26.1 Å². The van der Waals surface area contributed by atoms with Crippen LogP contribution in [-0.4, -0.2) is 43.2 Å². The largest absolute Gasteiger partial charge is 0.441 e. The Morgan fingerprint density at radius 3 is 2.50 bits per heavy atom. The van der Waals surface area contributed by atoms with Crippen LogP contribution in [0.4, 0.5) is 11.6 Å². The van der Waals surface area contributed by atoms with Crippen LogP contribution in [0.5, 0.6) is 0 Å². The normalized spacial score (nSPS) is 19.3. The fourth-order valence-electron chi connectivity index (χ4n) is 3.00. The molecule has 1 aromatic heterocycles. The second-order valence-corrected chi connectivity index (χ2v) is 7.51. The second-order valence-electron chi connectivity index (χ2n) is 6.21. The van der Waals surface area contributed by atoms with Gasteiger partial charge in [-0.05, 0) is 48.6 Å². The number of benzene rings is 1. The maximum Gasteiger partial charge on any atom is 0.270 e. The molecule has 0 unspecified atom stereocenters. The number of rotatable bonds is 3. The van der Waals surface area contributed by atoms with E-state index in [0.29, 0.717) is 30.5 Å². The van der Waals surface area contributed by atoms with Crippen LogP contribution in [-0.2, 0) is 14.3 Å². The van der Waals surface area contributed by atoms with Crippen LogP contribution < -0.4 is 15.1 Å². The van der Waals surface area contributed by atoms with Gasteiger partial charge in [-0.25, -0.2) is 0 Å². The van der Waals surface area contributed by atoms with Gasteiger partial charge in [-0.1, -0.05) is 15.9 Å². The van der Waals surface area contributed by atoms with Crippen LogP contribution in [0.1, 0.15) is 5.76 Å². The molecule has 0 bridgehead atoms. The SMILES string of the molecule is O=C1NC(=S)N(c2ccc(Br)cc2)C(=O)/C1=C/c1ccc(N2CCOCC2)o1. The zero-order valence-corrected chi connectivity index (χ0v) is 17.1. The van der Waals surface area contributed by atoms with E-state index in [1.165, 1.54) is 11.0 Å². The van der Waals surface area contributed by atoms with Crippen LogP contribution in [0.2, 0.25) is 0 Å². The number of anilines is 2. The first kappa shape index (κ1) is 18.9. The molecule has 0 atom stereocenters. The third-order valence-electron chi connectivity index (χ3n) is 4.41. The van der Waals surface area contributed by atoms with E-state index < -0.39 is 11.8 Å². The summed E-state index contributed by atoms with van der Waals surface area (Å²) in [6.45, 7) is 2.73. The molecule has 4 rings (SSSR count). The highest BCUT2D eigenvalue weighted by molar-refractivity contribution is 9.10. The molecule has 1 N–H and O–H groups in total. The zero-order chi connectivity index (χ0) is 19.7. The molecule has 144 valence electrons. The number of amides is 2. The summed E-state index contributed by atoms with van der Waals surface area (Å²) in [7, 11) is 0. The molecule has 2 amide bonds. The van der Waals surface area contributed by atoms with Crippen molar-refractivity contribution < 1.29 is 18.7 Å². The van der Waals surface area contributed by atoms with Gasteiger partial charge in [-0.3, -0.25) is 19.8 Å². The van der Waals surface area contributed by atoms with Crippen molar-refractivity contribution in [2.24, 2.45) is 0 Å². The van der Waals surface area contributed by atoms with E-state index in [-0.39, 0.29) is 10.7 Å². The van der Waals surface area contributed by atoms with Gasteiger partial charge in [-0.15, -0.1) is 0 Å². The summed E-state index contributed by atoms with van der Waals surface area (Å²) in [4.78, 5) is 28.7. The Kier molecular flexibility index (Phi) is 5.29. The third kappa shape index (κ3) is 3.73. The average Bonchev–Trinajstić information content (AvgIpc) is 3.16. The van der Waals surface area contributed by atoms with Gasteiger partial charge in [-0.2, -0.15) is 0 Å². The number of thiocarbonyl (C=S) groups is 1. The molecule has 1 aromatic carbocycles. The molecule has 0 radical (unpaired) electrons. The molecule has 28 heavy (non-hydrogen) atoms. The second kappa shape index (κ2) is 7.86. The van der Waals surface area contributed by atoms with E-state index >= 15 is 0 Å². The summed E-state index contributed by atoms with van der Waals surface area (Å²) in [5.74, 6) is 0.0516. The van der Waals surface area contributed by atoms with E-state index in [1.54, 1.807) is 30.3 Å². The highest BCUT2D eigenvalue weighted by Crippen LogP contribution is 2.26. The molecular formula is C19H16BrN3O4S. The quantitative estimate of drug-likeness (QED) is 0.430. The summed E-state index contributed by atoms with van der Waals surface area (Å²) in [6.07, 6.45) is 1.44. The first-order valence-electron chi connectivity index (χ1n) is 8.62. The van der Waals surface area contributed by atoms with Crippen LogP contribution in [0.25, 0.3) is 6.08 Å². The molecule has 2 fully saturated rings. The molecule has 7 nitrogen and oxygen atoms in total. The zero-order valence-electron chi connectivity index (χ0n) is 14.7. The van der Waals surface area contributed by atoms with Gasteiger partial charge < -0.3 is 14.1 Å². The van der Waals surface area contributed by atoms with Gasteiger partial charge in [0, 0.05) is 23.6 Å². The number of furan rings is 1. The lowest BCUT2D eigenvalue weighted by Gasteiger charge is -2.28. The Balaban J connectivity index is 1.61. The number of ether oxygens (including phenoxy) is 1. The summed E-state index contributed by atoms with van der Waals surface area (Å²) in [6, 6.07) is 10.6. The van der Waals surface area contributed by atoms with Crippen molar-refractivity contribution in [1.82, 2.24) is 5.32 Å². The van der Waals surface area contributed by atoms with Crippen molar-refractivity contribution >= 4 is 62.7 Å². The van der Waals surface area contributed by atoms with Gasteiger partial charge >= 0.3 is 0 Å².